The molecule has 0 spiro atoms. The second-order valence-corrected chi connectivity index (χ2v) is 7.39. The van der Waals surface area contributed by atoms with Gasteiger partial charge in [0.05, 0.1) is 6.33 Å². The maximum atomic E-state index is 11.6. The number of carbonyl (C=O) groups is 1. The van der Waals surface area contributed by atoms with Crippen LogP contribution in [0.1, 0.15) is 41.0 Å². The number of H-pyrrole nitrogens is 1. The number of amides is 1. The summed E-state index contributed by atoms with van der Waals surface area (Å²) in [5, 5.41) is 0. The van der Waals surface area contributed by atoms with Crippen molar-refractivity contribution in [1.29, 1.82) is 0 Å². The van der Waals surface area contributed by atoms with E-state index in [4.69, 9.17) is 10.5 Å². The highest BCUT2D eigenvalue weighted by atomic mass is 16.5. The zero-order valence-corrected chi connectivity index (χ0v) is 15.0. The Morgan fingerprint density at radius 2 is 2.19 bits per heavy atom. The number of aromatic nitrogens is 3. The van der Waals surface area contributed by atoms with Crippen LogP contribution in [0.5, 0.6) is 0 Å². The molecule has 3 atom stereocenters. The van der Waals surface area contributed by atoms with Crippen molar-refractivity contribution >= 4 is 5.91 Å². The number of aromatic amines is 1. The zero-order valence-electron chi connectivity index (χ0n) is 15.0. The molecule has 2 aromatic heterocycles. The van der Waals surface area contributed by atoms with E-state index in [-0.39, 0.29) is 5.60 Å². The fourth-order valence-electron chi connectivity index (χ4n) is 5.00. The lowest BCUT2D eigenvalue weighted by Gasteiger charge is -2.55. The van der Waals surface area contributed by atoms with E-state index in [1.165, 1.54) is 6.42 Å². The summed E-state index contributed by atoms with van der Waals surface area (Å²) in [6.45, 7) is 2.78. The topological polar surface area (TPSA) is 97.1 Å². The predicted octanol–water partition coefficient (Wildman–Crippen LogP) is 1.68. The van der Waals surface area contributed by atoms with E-state index in [1.54, 1.807) is 19.6 Å². The van der Waals surface area contributed by atoms with Crippen molar-refractivity contribution in [3.05, 3.63) is 47.8 Å². The van der Waals surface area contributed by atoms with Gasteiger partial charge in [0.25, 0.3) is 5.91 Å². The van der Waals surface area contributed by atoms with Gasteiger partial charge < -0.3 is 15.5 Å². The number of likely N-dealkylation sites (tertiary alicyclic amines) is 1. The van der Waals surface area contributed by atoms with E-state index in [0.717, 1.165) is 43.7 Å². The molecule has 1 unspecified atom stereocenters. The Bertz CT molecular complexity index is 762. The number of piperidine rings is 1. The number of hydrogen-bond donors (Lipinski definition) is 2. The number of nitrogens with zero attached hydrogens (tertiary/aromatic N) is 3. The minimum Gasteiger partial charge on any atom is -0.373 e. The molecule has 0 aromatic carbocycles. The summed E-state index contributed by atoms with van der Waals surface area (Å²) in [6, 6.07) is 3.80. The van der Waals surface area contributed by atoms with Crippen molar-refractivity contribution in [2.24, 2.45) is 17.6 Å². The van der Waals surface area contributed by atoms with Gasteiger partial charge in [-0.25, -0.2) is 4.98 Å². The van der Waals surface area contributed by atoms with E-state index < -0.39 is 5.91 Å². The molecule has 7 heteroatoms. The molecule has 26 heavy (non-hydrogen) atoms. The number of ether oxygens (including phenoxy) is 1. The highest BCUT2D eigenvalue weighted by Crippen LogP contribution is 2.51. The molecule has 2 aromatic rings. The van der Waals surface area contributed by atoms with Crippen molar-refractivity contribution in [2.45, 2.75) is 31.4 Å². The lowest BCUT2D eigenvalue weighted by molar-refractivity contribution is -0.170. The van der Waals surface area contributed by atoms with Gasteiger partial charge in [-0.2, -0.15) is 0 Å². The molecule has 2 aliphatic rings. The van der Waals surface area contributed by atoms with Crippen molar-refractivity contribution in [3.63, 3.8) is 0 Å². The number of carbonyl (C=O) groups excluding carboxylic acids is 1. The average Bonchev–Trinajstić information content (AvgIpc) is 3.14. The molecule has 1 saturated heterocycles. The van der Waals surface area contributed by atoms with Crippen LogP contribution in [0, 0.1) is 11.8 Å². The summed E-state index contributed by atoms with van der Waals surface area (Å²) in [5.41, 5.74) is 7.53. The smallest absolute Gasteiger partial charge is 0.267 e. The Labute approximate surface area is 153 Å². The summed E-state index contributed by atoms with van der Waals surface area (Å²) < 4.78 is 6.22. The van der Waals surface area contributed by atoms with Gasteiger partial charge in [0.15, 0.2) is 0 Å². The quantitative estimate of drug-likeness (QED) is 0.850. The summed E-state index contributed by atoms with van der Waals surface area (Å²) >= 11 is 0. The van der Waals surface area contributed by atoms with Crippen LogP contribution < -0.4 is 5.73 Å². The standard InChI is InChI=1S/C19H25N5O2/c1-26-19(13-5-6-22-17(7-13)18(20)25)14-3-2-4-15(19)10-24(9-14)11-16-8-21-12-23-16/h5-8,12,14-15H,2-4,9-11H2,1H3,(H2,20,25)(H,21,23)/t14-,15+,19?. The third-order valence-electron chi connectivity index (χ3n) is 6.03. The SMILES string of the molecule is COC1(c2ccnc(C(N)=O)c2)[C@@H]2CCC[C@H]1CN(Cc1cnc[nH]1)C2. The van der Waals surface area contributed by atoms with Crippen LogP contribution in [-0.2, 0) is 16.9 Å². The fraction of sp³-hybridized carbons (Fsp3) is 0.526. The van der Waals surface area contributed by atoms with Gasteiger partial charge >= 0.3 is 0 Å². The van der Waals surface area contributed by atoms with Crippen LogP contribution in [-0.4, -0.2) is 46.0 Å². The Morgan fingerprint density at radius 3 is 2.81 bits per heavy atom. The van der Waals surface area contributed by atoms with Crippen molar-refractivity contribution in [3.8, 4) is 0 Å². The zero-order chi connectivity index (χ0) is 18.1. The normalized spacial score (nSPS) is 28.8. The first-order chi connectivity index (χ1) is 12.6. The first-order valence-corrected chi connectivity index (χ1v) is 9.14. The number of imidazole rings is 1. The number of primary amides is 1. The number of nitrogens with two attached hydrogens (primary N) is 1. The van der Waals surface area contributed by atoms with Gasteiger partial charge in [-0.1, -0.05) is 6.42 Å². The molecule has 7 nitrogen and oxygen atoms in total. The van der Waals surface area contributed by atoms with Crippen LogP contribution in [0.4, 0.5) is 0 Å². The van der Waals surface area contributed by atoms with E-state index in [2.05, 4.69) is 19.9 Å². The molecule has 0 radical (unpaired) electrons. The van der Waals surface area contributed by atoms with Gasteiger partial charge in [0.2, 0.25) is 0 Å². The fourth-order valence-corrected chi connectivity index (χ4v) is 5.00. The maximum Gasteiger partial charge on any atom is 0.267 e. The second kappa shape index (κ2) is 6.81. The largest absolute Gasteiger partial charge is 0.373 e. The molecule has 4 rings (SSSR count). The molecule has 2 bridgehead atoms. The van der Waals surface area contributed by atoms with E-state index in [0.29, 0.717) is 17.5 Å². The molecule has 1 aliphatic carbocycles. The second-order valence-electron chi connectivity index (χ2n) is 7.39. The third-order valence-corrected chi connectivity index (χ3v) is 6.03. The Hall–Kier alpha value is -2.25. The highest BCUT2D eigenvalue weighted by molar-refractivity contribution is 5.90. The molecule has 1 aliphatic heterocycles. The van der Waals surface area contributed by atoms with Crippen LogP contribution >= 0.6 is 0 Å². The molecule has 1 amide bonds. The molecule has 3 N–H and O–H groups in total. The molecule has 1 saturated carbocycles. The summed E-state index contributed by atoms with van der Waals surface area (Å²) in [7, 11) is 1.79. The third kappa shape index (κ3) is 2.81. The highest BCUT2D eigenvalue weighted by Gasteiger charge is 2.53. The summed E-state index contributed by atoms with van der Waals surface area (Å²) in [4.78, 5) is 25.5. The van der Waals surface area contributed by atoms with E-state index in [9.17, 15) is 4.79 Å². The molecule has 3 heterocycles. The van der Waals surface area contributed by atoms with Gasteiger partial charge in [-0.3, -0.25) is 14.7 Å². The Morgan fingerprint density at radius 1 is 1.42 bits per heavy atom. The van der Waals surface area contributed by atoms with Gasteiger partial charge in [0.1, 0.15) is 11.3 Å². The maximum absolute atomic E-state index is 11.6. The minimum absolute atomic E-state index is 0.303. The van der Waals surface area contributed by atoms with Crippen molar-refractivity contribution in [2.75, 3.05) is 20.2 Å². The summed E-state index contributed by atoms with van der Waals surface area (Å²) in [5.74, 6) is 0.233. The monoisotopic (exact) mass is 355 g/mol. The van der Waals surface area contributed by atoms with Crippen LogP contribution in [0.15, 0.2) is 30.9 Å². The number of fused-ring (bicyclic) bond motifs is 2. The van der Waals surface area contributed by atoms with Crippen molar-refractivity contribution < 1.29 is 9.53 Å². The number of nitrogens with one attached hydrogen (secondary N) is 1. The summed E-state index contributed by atoms with van der Waals surface area (Å²) in [6.07, 6.45) is 8.71. The Kier molecular flexibility index (Phi) is 4.50. The minimum atomic E-state index is -0.500. The number of hydrogen-bond acceptors (Lipinski definition) is 5. The first-order valence-electron chi connectivity index (χ1n) is 9.14. The predicted molar refractivity (Wildman–Crippen MR) is 96.1 cm³/mol. The Balaban J connectivity index is 1.66. The molecule has 138 valence electrons. The number of methoxy groups -OCH3 is 1. The first kappa shape index (κ1) is 17.2. The lowest BCUT2D eigenvalue weighted by atomic mass is 9.62. The van der Waals surface area contributed by atoms with E-state index >= 15 is 0 Å². The van der Waals surface area contributed by atoms with Crippen LogP contribution in [0.25, 0.3) is 0 Å². The van der Waals surface area contributed by atoms with Gasteiger partial charge in [0, 0.05) is 56.7 Å². The average molecular weight is 355 g/mol. The van der Waals surface area contributed by atoms with Crippen LogP contribution in [0.2, 0.25) is 0 Å². The van der Waals surface area contributed by atoms with Crippen molar-refractivity contribution in [1.82, 2.24) is 19.9 Å². The molecular formula is C19H25N5O2. The van der Waals surface area contributed by atoms with Crippen LogP contribution in [0.3, 0.4) is 0 Å². The van der Waals surface area contributed by atoms with Gasteiger partial charge in [-0.05, 0) is 30.5 Å². The lowest BCUT2D eigenvalue weighted by Crippen LogP contribution is -2.58. The number of pyridine rings is 1. The number of rotatable bonds is 5. The van der Waals surface area contributed by atoms with Gasteiger partial charge in [-0.15, -0.1) is 0 Å². The van der Waals surface area contributed by atoms with E-state index in [1.807, 2.05) is 18.3 Å². The molecule has 2 fully saturated rings. The molecular weight excluding hydrogens is 330 g/mol.